The van der Waals surface area contributed by atoms with Gasteiger partial charge in [0.2, 0.25) is 0 Å². The van der Waals surface area contributed by atoms with Crippen LogP contribution in [0.1, 0.15) is 5.56 Å². The molecular weight excluding hydrogens is 302 g/mol. The Morgan fingerprint density at radius 3 is 2.70 bits per heavy atom. The van der Waals surface area contributed by atoms with Gasteiger partial charge in [-0.05, 0) is 6.07 Å². The second kappa shape index (κ2) is 6.64. The number of nitrogens with two attached hydrogens (primary N) is 3. The summed E-state index contributed by atoms with van der Waals surface area (Å²) >= 11 is 0. The number of ether oxygens (including phenoxy) is 1. The summed E-state index contributed by atoms with van der Waals surface area (Å²) in [4.78, 5) is 2.18. The van der Waals surface area contributed by atoms with Gasteiger partial charge in [-0.15, -0.1) is 10.3 Å². The van der Waals surface area contributed by atoms with Crippen LogP contribution in [0.2, 0.25) is 0 Å². The van der Waals surface area contributed by atoms with Gasteiger partial charge >= 0.3 is 0 Å². The maximum absolute atomic E-state index is 12.0. The Bertz CT molecular complexity index is 693. The second-order valence-corrected chi connectivity index (χ2v) is 4.67. The van der Waals surface area contributed by atoms with Crippen molar-refractivity contribution >= 4 is 23.0 Å². The van der Waals surface area contributed by atoms with Crippen LogP contribution in [0.15, 0.2) is 30.3 Å². The zero-order valence-electron chi connectivity index (χ0n) is 12.5. The van der Waals surface area contributed by atoms with E-state index in [4.69, 9.17) is 22.0 Å². The van der Waals surface area contributed by atoms with E-state index in [9.17, 15) is 10.4 Å². The van der Waals surface area contributed by atoms with Gasteiger partial charge in [-0.2, -0.15) is 5.21 Å². The highest BCUT2D eigenvalue weighted by Gasteiger charge is 2.21. The molecule has 1 atom stereocenters. The Morgan fingerprint density at radius 2 is 2.04 bits per heavy atom. The van der Waals surface area contributed by atoms with Gasteiger partial charge in [0.25, 0.3) is 0 Å². The van der Waals surface area contributed by atoms with E-state index in [0.717, 1.165) is 0 Å². The maximum Gasteiger partial charge on any atom is 0.192 e. The summed E-state index contributed by atoms with van der Waals surface area (Å²) in [5, 5.41) is 21.8. The molecule has 0 fully saturated rings. The summed E-state index contributed by atoms with van der Waals surface area (Å²) in [5.74, 6) is 5.91. The molecule has 1 unspecified atom stereocenters. The third-order valence-electron chi connectivity index (χ3n) is 3.18. The predicted molar refractivity (Wildman–Crippen MR) is 87.7 cm³/mol. The predicted octanol–water partition coefficient (Wildman–Crippen LogP) is 0.439. The lowest BCUT2D eigenvalue weighted by molar-refractivity contribution is -0.0715. The van der Waals surface area contributed by atoms with Crippen molar-refractivity contribution < 1.29 is 9.94 Å². The molecular formula is C13H19N7O3. The van der Waals surface area contributed by atoms with Crippen LogP contribution in [0, 0.1) is 5.21 Å². The molecule has 2 rings (SSSR count). The normalized spacial score (nSPS) is 13.4. The topological polar surface area (TPSA) is 168 Å². The molecule has 0 aliphatic heterocycles. The Balaban J connectivity index is 2.28. The van der Waals surface area contributed by atoms with Crippen molar-refractivity contribution in [1.29, 1.82) is 0 Å². The van der Waals surface area contributed by atoms with Crippen molar-refractivity contribution in [3.05, 3.63) is 41.1 Å². The van der Waals surface area contributed by atoms with E-state index in [-0.39, 0.29) is 35.4 Å². The number of rotatable bonds is 6. The van der Waals surface area contributed by atoms with Crippen LogP contribution in [0.4, 0.5) is 23.0 Å². The van der Waals surface area contributed by atoms with Crippen LogP contribution in [-0.2, 0) is 6.61 Å². The molecule has 1 heterocycles. The van der Waals surface area contributed by atoms with Crippen LogP contribution in [0.3, 0.4) is 0 Å². The Kier molecular flexibility index (Phi) is 4.83. The molecule has 0 aliphatic carbocycles. The van der Waals surface area contributed by atoms with Crippen molar-refractivity contribution in [3.63, 3.8) is 0 Å². The molecule has 124 valence electrons. The van der Waals surface area contributed by atoms with Gasteiger partial charge in [0.15, 0.2) is 11.5 Å². The minimum Gasteiger partial charge on any atom is -0.573 e. The lowest BCUT2D eigenvalue weighted by Crippen LogP contribution is -2.50. The van der Waals surface area contributed by atoms with Crippen LogP contribution >= 0.6 is 0 Å². The Hall–Kier alpha value is -2.63. The SMILES string of the molecule is CN[N+]([O-])(O)c1ccccc1COc1cc(N)nc(NN)c1N. The van der Waals surface area contributed by atoms with Gasteiger partial charge < -0.3 is 26.8 Å². The average Bonchev–Trinajstić information content (AvgIpc) is 2.55. The van der Waals surface area contributed by atoms with Crippen molar-refractivity contribution in [2.75, 3.05) is 23.9 Å². The highest BCUT2D eigenvalue weighted by Crippen LogP contribution is 2.31. The number of hydrazine groups is 1. The molecule has 2 aromatic rings. The number of nitrogens with zero attached hydrogens (tertiary/aromatic N) is 2. The Morgan fingerprint density at radius 1 is 1.35 bits per heavy atom. The van der Waals surface area contributed by atoms with Crippen LogP contribution < -0.4 is 37.8 Å². The van der Waals surface area contributed by atoms with Crippen molar-refractivity contribution in [2.45, 2.75) is 6.61 Å². The van der Waals surface area contributed by atoms with Crippen molar-refractivity contribution in [1.82, 2.24) is 15.3 Å². The monoisotopic (exact) mass is 321 g/mol. The number of hydrogen-bond acceptors (Lipinski definition) is 9. The molecule has 0 saturated heterocycles. The van der Waals surface area contributed by atoms with E-state index in [2.05, 4.69) is 15.8 Å². The van der Waals surface area contributed by atoms with E-state index >= 15 is 0 Å². The van der Waals surface area contributed by atoms with Crippen LogP contribution in [-0.4, -0.2) is 17.2 Å². The molecule has 10 nitrogen and oxygen atoms in total. The van der Waals surface area contributed by atoms with Crippen molar-refractivity contribution in [3.8, 4) is 5.75 Å². The van der Waals surface area contributed by atoms with Crippen LogP contribution in [0.25, 0.3) is 0 Å². The lowest BCUT2D eigenvalue weighted by Gasteiger charge is -2.31. The number of hydrogen-bond donors (Lipinski definition) is 6. The number of nitrogen functional groups attached to an aromatic ring is 3. The molecule has 0 aliphatic rings. The smallest absolute Gasteiger partial charge is 0.192 e. The molecule has 0 saturated carbocycles. The summed E-state index contributed by atoms with van der Waals surface area (Å²) < 4.78 is 5.60. The first-order chi connectivity index (χ1) is 10.9. The third kappa shape index (κ3) is 3.59. The molecule has 0 amide bonds. The van der Waals surface area contributed by atoms with Gasteiger partial charge in [0.05, 0.1) is 5.56 Å². The molecule has 0 bridgehead atoms. The largest absolute Gasteiger partial charge is 0.573 e. The second-order valence-electron chi connectivity index (χ2n) is 4.67. The number of benzene rings is 1. The van der Waals surface area contributed by atoms with E-state index in [0.29, 0.717) is 5.56 Å². The summed E-state index contributed by atoms with van der Waals surface area (Å²) in [6, 6.07) is 7.92. The van der Waals surface area contributed by atoms with E-state index < -0.39 is 4.92 Å². The first kappa shape index (κ1) is 16.7. The highest BCUT2D eigenvalue weighted by molar-refractivity contribution is 5.71. The molecule has 0 radical (unpaired) electrons. The Labute approximate surface area is 132 Å². The van der Waals surface area contributed by atoms with Gasteiger partial charge in [-0.1, -0.05) is 12.1 Å². The standard InChI is InChI=1S/C13H19N7O3/c1-17-20(21,22)9-5-3-2-4-8(9)7-23-10-6-11(14)18-13(19-16)12(10)15/h2-6,17,21H,7,15-16H2,1H3,(H3,14,18,19). The number of nitrogens with one attached hydrogen (secondary N) is 2. The first-order valence-corrected chi connectivity index (χ1v) is 6.64. The molecule has 1 aromatic heterocycles. The van der Waals surface area contributed by atoms with E-state index in [1.807, 2.05) is 0 Å². The van der Waals surface area contributed by atoms with Gasteiger partial charge in [0, 0.05) is 19.2 Å². The molecule has 23 heavy (non-hydrogen) atoms. The molecule has 0 spiro atoms. The summed E-state index contributed by atoms with van der Waals surface area (Å²) in [5.41, 5.74) is 16.8. The minimum atomic E-state index is -1.73. The fourth-order valence-corrected chi connectivity index (χ4v) is 1.98. The fourth-order valence-electron chi connectivity index (χ4n) is 1.98. The minimum absolute atomic E-state index is 0.0156. The first-order valence-electron chi connectivity index (χ1n) is 6.64. The third-order valence-corrected chi connectivity index (χ3v) is 3.18. The molecule has 10 heteroatoms. The number of anilines is 3. The van der Waals surface area contributed by atoms with Gasteiger partial charge in [-0.3, -0.25) is 0 Å². The highest BCUT2D eigenvalue weighted by atomic mass is 16.9. The average molecular weight is 321 g/mol. The zero-order chi connectivity index (χ0) is 17.0. The lowest BCUT2D eigenvalue weighted by atomic mass is 10.2. The number of para-hydroxylation sites is 1. The van der Waals surface area contributed by atoms with E-state index in [1.165, 1.54) is 19.2 Å². The van der Waals surface area contributed by atoms with E-state index in [1.54, 1.807) is 18.2 Å². The van der Waals surface area contributed by atoms with Gasteiger partial charge in [0.1, 0.15) is 23.9 Å². The summed E-state index contributed by atoms with van der Waals surface area (Å²) in [6.07, 6.45) is 0. The molecule has 1 aromatic carbocycles. The summed E-state index contributed by atoms with van der Waals surface area (Å²) in [7, 11) is 1.34. The van der Waals surface area contributed by atoms with Gasteiger partial charge in [-0.25, -0.2) is 10.8 Å². The number of aromatic nitrogens is 1. The quantitative estimate of drug-likeness (QED) is 0.251. The van der Waals surface area contributed by atoms with Crippen LogP contribution in [0.5, 0.6) is 5.75 Å². The number of pyridine rings is 1. The van der Waals surface area contributed by atoms with Crippen molar-refractivity contribution in [2.24, 2.45) is 5.84 Å². The molecule has 9 N–H and O–H groups in total. The zero-order valence-corrected chi connectivity index (χ0v) is 12.5. The fraction of sp³-hybridized carbons (Fsp3) is 0.154. The number of quaternary nitrogens is 1. The maximum atomic E-state index is 12.0. The summed E-state index contributed by atoms with van der Waals surface area (Å²) in [6.45, 7) is -0.0156.